The van der Waals surface area contributed by atoms with Crippen LogP contribution in [-0.2, 0) is 12.8 Å². The van der Waals surface area contributed by atoms with Gasteiger partial charge in [0.15, 0.2) is 5.82 Å². The topological polar surface area (TPSA) is 68.2 Å². The Labute approximate surface area is 113 Å². The molecule has 1 heterocycles. The number of likely N-dealkylation sites (N-methyl/N-ethyl adjacent to an activating group) is 1. The Balaban J connectivity index is 2.18. The zero-order valence-electron chi connectivity index (χ0n) is 11.5. The second-order valence-corrected chi connectivity index (χ2v) is 4.76. The Morgan fingerprint density at radius 2 is 2.00 bits per heavy atom. The molecule has 2 aromatic rings. The number of hydrogen-bond acceptors (Lipinski definition) is 5. The van der Waals surface area contributed by atoms with Gasteiger partial charge in [0.2, 0.25) is 0 Å². The van der Waals surface area contributed by atoms with Crippen LogP contribution in [0.5, 0.6) is 0 Å². The minimum Gasteiger partial charge on any atom is -0.334 e. The highest BCUT2D eigenvalue weighted by Crippen LogP contribution is 2.22. The number of nitrogens with zero attached hydrogens (tertiary/aromatic N) is 3. The summed E-state index contributed by atoms with van der Waals surface area (Å²) in [7, 11) is 4.05. The highest BCUT2D eigenvalue weighted by atomic mass is 16.5. The van der Waals surface area contributed by atoms with E-state index in [2.05, 4.69) is 15.0 Å². The third-order valence-corrected chi connectivity index (χ3v) is 2.91. The molecule has 0 saturated heterocycles. The second-order valence-electron chi connectivity index (χ2n) is 4.76. The van der Waals surface area contributed by atoms with Gasteiger partial charge in [-0.25, -0.2) is 0 Å². The summed E-state index contributed by atoms with van der Waals surface area (Å²) >= 11 is 0. The zero-order valence-corrected chi connectivity index (χ0v) is 11.5. The summed E-state index contributed by atoms with van der Waals surface area (Å²) in [5.74, 6) is 1.32. The first-order valence-corrected chi connectivity index (χ1v) is 6.46. The molecule has 1 aromatic carbocycles. The molecule has 5 nitrogen and oxygen atoms in total. The Morgan fingerprint density at radius 3 is 2.74 bits per heavy atom. The summed E-state index contributed by atoms with van der Waals surface area (Å²) in [5.41, 5.74) is 7.75. The molecule has 2 N–H and O–H groups in total. The van der Waals surface area contributed by atoms with E-state index in [1.807, 2.05) is 38.4 Å². The molecule has 1 aromatic heterocycles. The fourth-order valence-corrected chi connectivity index (χ4v) is 1.89. The number of nitrogens with two attached hydrogens (primary N) is 1. The van der Waals surface area contributed by atoms with Gasteiger partial charge in [0.1, 0.15) is 0 Å². The van der Waals surface area contributed by atoms with E-state index in [-0.39, 0.29) is 0 Å². The maximum atomic E-state index is 5.62. The summed E-state index contributed by atoms with van der Waals surface area (Å²) in [6.07, 6.45) is 1.60. The fourth-order valence-electron chi connectivity index (χ4n) is 1.89. The molecule has 19 heavy (non-hydrogen) atoms. The molecule has 0 saturated carbocycles. The van der Waals surface area contributed by atoms with Crippen LogP contribution in [0, 0.1) is 0 Å². The van der Waals surface area contributed by atoms with E-state index in [0.29, 0.717) is 12.4 Å². The van der Waals surface area contributed by atoms with E-state index in [1.54, 1.807) is 0 Å². The van der Waals surface area contributed by atoms with E-state index in [4.69, 9.17) is 10.3 Å². The quantitative estimate of drug-likeness (QED) is 0.849. The first-order valence-electron chi connectivity index (χ1n) is 6.46. The lowest BCUT2D eigenvalue weighted by atomic mass is 10.0. The van der Waals surface area contributed by atoms with Crippen molar-refractivity contribution in [3.05, 3.63) is 35.7 Å². The number of aromatic nitrogens is 2. The van der Waals surface area contributed by atoms with Gasteiger partial charge in [0.25, 0.3) is 5.89 Å². The summed E-state index contributed by atoms with van der Waals surface area (Å²) in [4.78, 5) is 6.55. The summed E-state index contributed by atoms with van der Waals surface area (Å²) in [6.45, 7) is 1.52. The van der Waals surface area contributed by atoms with Crippen LogP contribution < -0.4 is 5.73 Å². The van der Waals surface area contributed by atoms with Gasteiger partial charge in [-0.05, 0) is 38.7 Å². The van der Waals surface area contributed by atoms with Crippen LogP contribution in [0.15, 0.2) is 28.8 Å². The Bertz CT molecular complexity index is 522. The molecule has 0 aliphatic carbocycles. The van der Waals surface area contributed by atoms with Crippen LogP contribution in [0.2, 0.25) is 0 Å². The molecule has 0 aliphatic heterocycles. The van der Waals surface area contributed by atoms with Crippen molar-refractivity contribution in [3.8, 4) is 11.5 Å². The summed E-state index contributed by atoms with van der Waals surface area (Å²) < 4.78 is 5.35. The van der Waals surface area contributed by atoms with Gasteiger partial charge in [-0.15, -0.1) is 0 Å². The predicted molar refractivity (Wildman–Crippen MR) is 74.8 cm³/mol. The van der Waals surface area contributed by atoms with Gasteiger partial charge < -0.3 is 15.2 Å². The predicted octanol–water partition coefficient (Wildman–Crippen LogP) is 1.34. The molecule has 2 rings (SSSR count). The van der Waals surface area contributed by atoms with Crippen LogP contribution in [0.4, 0.5) is 0 Å². The monoisotopic (exact) mass is 260 g/mol. The average molecular weight is 260 g/mol. The highest BCUT2D eigenvalue weighted by molar-refractivity contribution is 5.58. The van der Waals surface area contributed by atoms with Gasteiger partial charge in [0, 0.05) is 18.5 Å². The Kier molecular flexibility index (Phi) is 4.65. The van der Waals surface area contributed by atoms with Gasteiger partial charge >= 0.3 is 0 Å². The largest absolute Gasteiger partial charge is 0.334 e. The van der Waals surface area contributed by atoms with Gasteiger partial charge in [-0.2, -0.15) is 4.98 Å². The van der Waals surface area contributed by atoms with Crippen LogP contribution in [0.25, 0.3) is 11.5 Å². The molecule has 102 valence electrons. The van der Waals surface area contributed by atoms with E-state index < -0.39 is 0 Å². The number of hydrogen-bond donors (Lipinski definition) is 1. The van der Waals surface area contributed by atoms with Crippen molar-refractivity contribution in [2.75, 3.05) is 27.2 Å². The lowest BCUT2D eigenvalue weighted by molar-refractivity contribution is 0.392. The van der Waals surface area contributed by atoms with Crippen molar-refractivity contribution < 1.29 is 4.52 Å². The Hall–Kier alpha value is -1.72. The van der Waals surface area contributed by atoms with Gasteiger partial charge in [-0.1, -0.05) is 23.4 Å². The summed E-state index contributed by atoms with van der Waals surface area (Å²) in [6, 6.07) is 8.01. The molecular weight excluding hydrogens is 240 g/mol. The lowest BCUT2D eigenvalue weighted by Gasteiger charge is -2.05. The van der Waals surface area contributed by atoms with Crippen molar-refractivity contribution in [3.63, 3.8) is 0 Å². The summed E-state index contributed by atoms with van der Waals surface area (Å²) in [5, 5.41) is 4.02. The third kappa shape index (κ3) is 3.62. The van der Waals surface area contributed by atoms with E-state index in [9.17, 15) is 0 Å². The fraction of sp³-hybridized carbons (Fsp3) is 0.429. The molecule has 0 atom stereocenters. The van der Waals surface area contributed by atoms with E-state index in [1.165, 1.54) is 0 Å². The lowest BCUT2D eigenvalue weighted by Crippen LogP contribution is -2.15. The molecule has 0 amide bonds. The van der Waals surface area contributed by atoms with Crippen molar-refractivity contribution in [1.29, 1.82) is 0 Å². The SMILES string of the molecule is CN(C)CCc1noc(-c2ccccc2CCN)n1. The molecule has 5 heteroatoms. The van der Waals surface area contributed by atoms with Crippen molar-refractivity contribution in [1.82, 2.24) is 15.0 Å². The first kappa shape index (κ1) is 13.7. The maximum Gasteiger partial charge on any atom is 0.258 e. The van der Waals surface area contributed by atoms with Crippen LogP contribution in [0.3, 0.4) is 0 Å². The van der Waals surface area contributed by atoms with Crippen LogP contribution in [0.1, 0.15) is 11.4 Å². The normalized spacial score (nSPS) is 11.2. The van der Waals surface area contributed by atoms with Crippen LogP contribution in [-0.4, -0.2) is 42.2 Å². The first-order chi connectivity index (χ1) is 9.20. The standard InChI is InChI=1S/C14H20N4O/c1-18(2)10-8-13-16-14(19-17-13)12-6-4-3-5-11(12)7-9-15/h3-6H,7-10,15H2,1-2H3. The molecule has 0 spiro atoms. The van der Waals surface area contributed by atoms with Gasteiger partial charge in [-0.3, -0.25) is 0 Å². The average Bonchev–Trinajstić information content (AvgIpc) is 2.86. The van der Waals surface area contributed by atoms with Gasteiger partial charge in [0.05, 0.1) is 0 Å². The van der Waals surface area contributed by atoms with Crippen molar-refractivity contribution in [2.24, 2.45) is 5.73 Å². The van der Waals surface area contributed by atoms with Crippen LogP contribution >= 0.6 is 0 Å². The minimum atomic E-state index is 0.581. The second kappa shape index (κ2) is 6.45. The van der Waals surface area contributed by atoms with Crippen molar-refractivity contribution >= 4 is 0 Å². The molecular formula is C14H20N4O. The smallest absolute Gasteiger partial charge is 0.258 e. The molecule has 0 aliphatic rings. The molecule has 0 unspecified atom stereocenters. The third-order valence-electron chi connectivity index (χ3n) is 2.91. The number of rotatable bonds is 6. The highest BCUT2D eigenvalue weighted by Gasteiger charge is 2.12. The van der Waals surface area contributed by atoms with Crippen molar-refractivity contribution in [2.45, 2.75) is 12.8 Å². The Morgan fingerprint density at radius 1 is 1.21 bits per heavy atom. The molecule has 0 bridgehead atoms. The minimum absolute atomic E-state index is 0.581. The zero-order chi connectivity index (χ0) is 13.7. The maximum absolute atomic E-state index is 5.62. The van der Waals surface area contributed by atoms with E-state index >= 15 is 0 Å². The van der Waals surface area contributed by atoms with E-state index in [0.717, 1.165) is 36.3 Å². The molecule has 0 radical (unpaired) electrons. The number of benzene rings is 1. The molecule has 0 fully saturated rings.